The van der Waals surface area contributed by atoms with Crippen molar-refractivity contribution in [1.29, 1.82) is 0 Å². The lowest BCUT2D eigenvalue weighted by Gasteiger charge is -2.52. The molecule has 0 bridgehead atoms. The molecule has 2 atom stereocenters. The van der Waals surface area contributed by atoms with Crippen LogP contribution in [0.15, 0.2) is 46.4 Å². The highest BCUT2D eigenvalue weighted by Gasteiger charge is 2.78. The van der Waals surface area contributed by atoms with E-state index in [9.17, 15) is 0 Å². The largest absolute Gasteiger partial charge is 0.292 e. The number of aliphatic imine (C=N–C) groups is 2. The number of benzene rings is 2. The van der Waals surface area contributed by atoms with Gasteiger partial charge in [-0.2, -0.15) is 0 Å². The summed E-state index contributed by atoms with van der Waals surface area (Å²) < 4.78 is 0. The lowest BCUT2D eigenvalue weighted by Crippen LogP contribution is -2.74. The Balaban J connectivity index is 1.66. The lowest BCUT2D eigenvalue weighted by atomic mass is 9.70. The van der Waals surface area contributed by atoms with Crippen LogP contribution in [-0.4, -0.2) is 32.1 Å². The number of nitrogens with zero attached hydrogens (tertiary/aromatic N) is 2. The van der Waals surface area contributed by atoms with E-state index in [1.165, 1.54) is 93.9 Å². The van der Waals surface area contributed by atoms with Crippen molar-refractivity contribution in [3.8, 4) is 0 Å². The number of para-hydroxylation sites is 1. The molecular weight excluding hydrogens is 637 g/mol. The van der Waals surface area contributed by atoms with Gasteiger partial charge in [-0.1, -0.05) is 149 Å². The molecule has 0 unspecified atom stereocenters. The van der Waals surface area contributed by atoms with Crippen LogP contribution < -0.4 is 5.19 Å². The number of rotatable bonds is 5. The van der Waals surface area contributed by atoms with E-state index in [4.69, 9.17) is 9.98 Å². The predicted molar refractivity (Wildman–Crippen MR) is 224 cm³/mol. The topological polar surface area (TPSA) is 24.7 Å². The smallest absolute Gasteiger partial charge is 0.123 e. The van der Waals surface area contributed by atoms with Crippen LogP contribution in [0.1, 0.15) is 200 Å². The summed E-state index contributed by atoms with van der Waals surface area (Å²) in [4.78, 5) is 12.7. The minimum atomic E-state index is -2.50. The lowest BCUT2D eigenvalue weighted by molar-refractivity contribution is 0.248. The van der Waals surface area contributed by atoms with E-state index >= 15 is 0 Å². The summed E-state index contributed by atoms with van der Waals surface area (Å²) in [5.74, 6) is 1.41. The van der Waals surface area contributed by atoms with E-state index in [1.54, 1.807) is 21.8 Å². The summed E-state index contributed by atoms with van der Waals surface area (Å²) in [5, 5.41) is 5.71. The van der Waals surface area contributed by atoms with E-state index in [1.807, 2.05) is 5.19 Å². The standard InChI is InChI=1S/C46H70N2Si2/c1-31(2)34-21-19-22-35(32(3)4)38(34)47-41-46(27-17-14-18-28-46)30-43(9,10)50(41)44(11,12)37-24-20-23-36(33(5)6)39(37)49(50)40-45(25-15-13-16-26-45)29-42(7,8)48-40/h19-24,31-33,49H,13-18,25-30H2,1-12H3/t49-,50-/m0/s1. The van der Waals surface area contributed by atoms with Gasteiger partial charge in [0.2, 0.25) is 0 Å². The van der Waals surface area contributed by atoms with Crippen molar-refractivity contribution in [2.24, 2.45) is 20.8 Å². The van der Waals surface area contributed by atoms with E-state index in [0.29, 0.717) is 17.8 Å². The third kappa shape index (κ3) is 5.17. The maximum absolute atomic E-state index is 6.51. The van der Waals surface area contributed by atoms with Gasteiger partial charge in [0.05, 0.1) is 11.2 Å². The van der Waals surface area contributed by atoms with Crippen LogP contribution in [0.3, 0.4) is 0 Å². The molecule has 2 aromatic rings. The summed E-state index contributed by atoms with van der Waals surface area (Å²) in [6.45, 7) is 30.6. The molecule has 0 aromatic heterocycles. The fraction of sp³-hybridized carbons (Fsp3) is 0.696. The minimum absolute atomic E-state index is 0.0204. The predicted octanol–water partition coefficient (Wildman–Crippen LogP) is 12.4. The van der Waals surface area contributed by atoms with Crippen molar-refractivity contribution in [2.45, 2.75) is 194 Å². The van der Waals surface area contributed by atoms with E-state index in [0.717, 1.165) is 0 Å². The Morgan fingerprint density at radius 1 is 0.640 bits per heavy atom. The van der Waals surface area contributed by atoms with Crippen LogP contribution in [0.2, 0.25) is 5.04 Å². The normalized spacial score (nSPS) is 29.6. The molecule has 2 saturated carbocycles. The third-order valence-corrected chi connectivity index (χ3v) is 34.0. The SMILES string of the molecule is CC(C)c1cccc(C(C)C)c1N=C1C2(CCCCC2)CC(C)(C)[Si@@]12[Si@H](C1=NC(C)(C)CC13CCCCC3)c1c(C(C)C)cccc1C2(C)C. The molecule has 50 heavy (non-hydrogen) atoms. The molecule has 2 aliphatic carbocycles. The monoisotopic (exact) mass is 707 g/mol. The zero-order chi connectivity index (χ0) is 36.1. The maximum Gasteiger partial charge on any atom is 0.123 e. The van der Waals surface area contributed by atoms with Gasteiger partial charge in [-0.3, -0.25) is 9.98 Å². The third-order valence-electron chi connectivity index (χ3n) is 15.1. The zero-order valence-electron chi connectivity index (χ0n) is 34.2. The van der Waals surface area contributed by atoms with Crippen LogP contribution in [0.5, 0.6) is 0 Å². The Bertz CT molecular complexity index is 1670. The van der Waals surface area contributed by atoms with Gasteiger partial charge >= 0.3 is 0 Å². The molecule has 272 valence electrons. The summed E-state index contributed by atoms with van der Waals surface area (Å²) in [6.07, 6.45) is 16.2. The van der Waals surface area contributed by atoms with Gasteiger partial charge in [-0.25, -0.2) is 0 Å². The molecule has 2 nitrogen and oxygen atoms in total. The molecule has 2 aromatic carbocycles. The Kier molecular flexibility index (Phi) is 9.06. The Morgan fingerprint density at radius 3 is 1.68 bits per heavy atom. The van der Waals surface area contributed by atoms with E-state index < -0.39 is 15.9 Å². The Hall–Kier alpha value is -1.79. The van der Waals surface area contributed by atoms with Gasteiger partial charge < -0.3 is 0 Å². The van der Waals surface area contributed by atoms with E-state index in [-0.39, 0.29) is 26.4 Å². The van der Waals surface area contributed by atoms with Gasteiger partial charge in [-0.15, -0.1) is 0 Å². The van der Waals surface area contributed by atoms with Crippen LogP contribution in [0.25, 0.3) is 0 Å². The molecule has 3 fully saturated rings. The maximum atomic E-state index is 6.51. The molecule has 1 saturated heterocycles. The number of hydrogen-bond donors (Lipinski definition) is 0. The summed E-state index contributed by atoms with van der Waals surface area (Å²) in [6, 6.07) is 14.7. The molecule has 4 heteroatoms. The summed E-state index contributed by atoms with van der Waals surface area (Å²) >= 11 is 0. The van der Waals surface area contributed by atoms with Crippen LogP contribution in [0, 0.1) is 10.8 Å². The fourth-order valence-corrected chi connectivity index (χ4v) is 37.1. The summed E-state index contributed by atoms with van der Waals surface area (Å²) in [7, 11) is -4.41. The Labute approximate surface area is 309 Å². The number of fused-ring (bicyclic) bond motifs is 1. The molecule has 3 heterocycles. The second kappa shape index (κ2) is 12.4. The molecule has 7 rings (SSSR count). The van der Waals surface area contributed by atoms with Crippen LogP contribution >= 0.6 is 0 Å². The average molecular weight is 707 g/mol. The zero-order valence-corrected chi connectivity index (χ0v) is 36.3. The van der Waals surface area contributed by atoms with Crippen molar-refractivity contribution < 1.29 is 0 Å². The second-order valence-electron chi connectivity index (χ2n) is 20.6. The van der Waals surface area contributed by atoms with Gasteiger partial charge in [-0.05, 0) is 102 Å². The molecule has 3 spiro atoms. The van der Waals surface area contributed by atoms with Crippen molar-refractivity contribution in [3.63, 3.8) is 0 Å². The average Bonchev–Trinajstić information content (AvgIpc) is 3.50. The minimum Gasteiger partial charge on any atom is -0.292 e. The first-order valence-corrected chi connectivity index (χ1v) is 25.9. The quantitative estimate of drug-likeness (QED) is 0.277. The van der Waals surface area contributed by atoms with Crippen molar-refractivity contribution >= 4 is 37.4 Å². The molecule has 0 N–H and O–H groups in total. The molecule has 5 aliphatic rings. The van der Waals surface area contributed by atoms with Gasteiger partial charge in [0, 0.05) is 21.5 Å². The first-order valence-electron chi connectivity index (χ1n) is 20.9. The summed E-state index contributed by atoms with van der Waals surface area (Å²) in [5.41, 5.74) is 8.15. The van der Waals surface area contributed by atoms with Crippen molar-refractivity contribution in [2.75, 3.05) is 0 Å². The highest BCUT2D eigenvalue weighted by molar-refractivity contribution is 7.61. The highest BCUT2D eigenvalue weighted by atomic mass is 29.2. The Morgan fingerprint density at radius 2 is 1.14 bits per heavy atom. The van der Waals surface area contributed by atoms with E-state index in [2.05, 4.69) is 119 Å². The van der Waals surface area contributed by atoms with Gasteiger partial charge in [0.25, 0.3) is 0 Å². The first-order chi connectivity index (χ1) is 23.4. The van der Waals surface area contributed by atoms with Crippen LogP contribution in [0.4, 0.5) is 5.69 Å². The van der Waals surface area contributed by atoms with Crippen molar-refractivity contribution in [1.82, 2.24) is 0 Å². The molecular formula is C46H70N2Si2. The van der Waals surface area contributed by atoms with Crippen molar-refractivity contribution in [3.05, 3.63) is 58.7 Å². The fourth-order valence-electron chi connectivity index (χ4n) is 13.6. The van der Waals surface area contributed by atoms with Gasteiger partial charge in [0.1, 0.15) is 15.9 Å². The van der Waals surface area contributed by atoms with Gasteiger partial charge in [0.15, 0.2) is 0 Å². The molecule has 0 radical (unpaired) electrons. The molecule has 3 aliphatic heterocycles. The highest BCUT2D eigenvalue weighted by Crippen LogP contribution is 2.70. The molecule has 0 amide bonds. The first kappa shape index (κ1) is 36.6. The number of hydrogen-bond acceptors (Lipinski definition) is 2. The second-order valence-corrected chi connectivity index (χ2v) is 31.6. The van der Waals surface area contributed by atoms with Crippen LogP contribution in [-0.2, 0) is 5.04 Å².